The molecule has 3 nitrogen and oxygen atoms in total. The van der Waals surface area contributed by atoms with Crippen molar-refractivity contribution in [3.63, 3.8) is 0 Å². The number of aliphatic carboxylic acids is 1. The van der Waals surface area contributed by atoms with Crippen LogP contribution in [-0.4, -0.2) is 16.7 Å². The Morgan fingerprint density at radius 2 is 1.72 bits per heavy atom. The highest BCUT2D eigenvalue weighted by Gasteiger charge is 2.36. The Balaban J connectivity index is 2.76. The molecule has 0 fully saturated rings. The third kappa shape index (κ3) is 4.33. The summed E-state index contributed by atoms with van der Waals surface area (Å²) in [5.74, 6) is -0.0700. The summed E-state index contributed by atoms with van der Waals surface area (Å²) < 4.78 is 6.84. The Morgan fingerprint density at radius 3 is 2.17 bits per heavy atom. The SMILES string of the molecule is CC(C)(CC(C)(C)C(=O)O)Oc1ccc(Br)cc1. The molecule has 0 aliphatic carbocycles. The zero-order chi connectivity index (χ0) is 14.0. The number of hydrogen-bond donors (Lipinski definition) is 1. The van der Waals surface area contributed by atoms with Crippen molar-refractivity contribution in [1.29, 1.82) is 0 Å². The molecule has 0 saturated heterocycles. The second-order valence-electron chi connectivity index (χ2n) is 5.68. The van der Waals surface area contributed by atoms with Gasteiger partial charge in [-0.3, -0.25) is 4.79 Å². The van der Waals surface area contributed by atoms with E-state index in [-0.39, 0.29) is 0 Å². The molecule has 1 N–H and O–H groups in total. The Morgan fingerprint density at radius 1 is 1.22 bits per heavy atom. The monoisotopic (exact) mass is 314 g/mol. The summed E-state index contributed by atoms with van der Waals surface area (Å²) in [6.45, 7) is 7.23. The maximum Gasteiger partial charge on any atom is 0.309 e. The van der Waals surface area contributed by atoms with Crippen molar-refractivity contribution in [1.82, 2.24) is 0 Å². The predicted octanol–water partition coefficient (Wildman–Crippen LogP) is 4.11. The van der Waals surface area contributed by atoms with Gasteiger partial charge in [-0.15, -0.1) is 0 Å². The van der Waals surface area contributed by atoms with Crippen molar-refractivity contribution in [2.45, 2.75) is 39.7 Å². The highest BCUT2D eigenvalue weighted by Crippen LogP contribution is 2.32. The van der Waals surface area contributed by atoms with Gasteiger partial charge in [0.1, 0.15) is 11.4 Å². The van der Waals surface area contributed by atoms with Gasteiger partial charge in [0.25, 0.3) is 0 Å². The maximum absolute atomic E-state index is 11.1. The zero-order valence-electron chi connectivity index (χ0n) is 11.2. The van der Waals surface area contributed by atoms with Gasteiger partial charge in [-0.1, -0.05) is 15.9 Å². The van der Waals surface area contributed by atoms with E-state index >= 15 is 0 Å². The molecule has 0 radical (unpaired) electrons. The topological polar surface area (TPSA) is 46.5 Å². The number of rotatable bonds is 5. The van der Waals surface area contributed by atoms with Crippen LogP contribution >= 0.6 is 15.9 Å². The predicted molar refractivity (Wildman–Crippen MR) is 74.9 cm³/mol. The van der Waals surface area contributed by atoms with Gasteiger partial charge in [-0.2, -0.15) is 0 Å². The fraction of sp³-hybridized carbons (Fsp3) is 0.500. The van der Waals surface area contributed by atoms with E-state index in [0.29, 0.717) is 6.42 Å². The van der Waals surface area contributed by atoms with Crippen LogP contribution in [0.4, 0.5) is 0 Å². The number of benzene rings is 1. The number of carbonyl (C=O) groups is 1. The first-order chi connectivity index (χ1) is 8.12. The summed E-state index contributed by atoms with van der Waals surface area (Å²) in [5, 5.41) is 9.15. The summed E-state index contributed by atoms with van der Waals surface area (Å²) >= 11 is 3.36. The molecule has 0 aliphatic rings. The van der Waals surface area contributed by atoms with Crippen LogP contribution in [0.3, 0.4) is 0 Å². The number of ether oxygens (including phenoxy) is 1. The third-order valence-corrected chi connectivity index (χ3v) is 3.18. The van der Waals surface area contributed by atoms with E-state index in [2.05, 4.69) is 15.9 Å². The van der Waals surface area contributed by atoms with Gasteiger partial charge >= 0.3 is 5.97 Å². The Hall–Kier alpha value is -1.03. The number of hydrogen-bond acceptors (Lipinski definition) is 2. The minimum Gasteiger partial charge on any atom is -0.488 e. The molecule has 0 heterocycles. The molecule has 0 unspecified atom stereocenters. The molecule has 1 rings (SSSR count). The first-order valence-corrected chi connectivity index (χ1v) is 6.60. The van der Waals surface area contributed by atoms with Crippen LogP contribution in [0.2, 0.25) is 0 Å². The van der Waals surface area contributed by atoms with Crippen LogP contribution in [0.25, 0.3) is 0 Å². The van der Waals surface area contributed by atoms with Crippen LogP contribution in [0.5, 0.6) is 5.75 Å². The fourth-order valence-electron chi connectivity index (χ4n) is 2.00. The lowest BCUT2D eigenvalue weighted by Crippen LogP contribution is -2.38. The van der Waals surface area contributed by atoms with Gasteiger partial charge in [0, 0.05) is 10.9 Å². The van der Waals surface area contributed by atoms with Crippen molar-refractivity contribution in [3.05, 3.63) is 28.7 Å². The molecule has 0 saturated carbocycles. The van der Waals surface area contributed by atoms with Gasteiger partial charge in [0.05, 0.1) is 5.41 Å². The summed E-state index contributed by atoms with van der Waals surface area (Å²) in [7, 11) is 0. The van der Waals surface area contributed by atoms with E-state index in [1.54, 1.807) is 13.8 Å². The summed E-state index contributed by atoms with van der Waals surface area (Å²) in [5.41, 5.74) is -1.34. The molecule has 100 valence electrons. The molecule has 0 bridgehead atoms. The minimum absolute atomic E-state index is 0.436. The minimum atomic E-state index is -0.810. The van der Waals surface area contributed by atoms with E-state index in [1.807, 2.05) is 38.1 Å². The highest BCUT2D eigenvalue weighted by atomic mass is 79.9. The standard InChI is InChI=1S/C14H19BrO3/c1-13(2,12(16)17)9-14(3,4)18-11-7-5-10(15)6-8-11/h5-8H,9H2,1-4H3,(H,16,17). The van der Waals surface area contributed by atoms with E-state index in [0.717, 1.165) is 10.2 Å². The average Bonchev–Trinajstić information content (AvgIpc) is 2.19. The van der Waals surface area contributed by atoms with Crippen LogP contribution in [0, 0.1) is 5.41 Å². The number of halogens is 1. The molecule has 0 aromatic heterocycles. The first-order valence-electron chi connectivity index (χ1n) is 5.80. The first kappa shape index (κ1) is 15.0. The molecule has 1 aromatic carbocycles. The van der Waals surface area contributed by atoms with Gasteiger partial charge in [-0.05, 0) is 52.0 Å². The summed E-state index contributed by atoms with van der Waals surface area (Å²) in [4.78, 5) is 11.1. The average molecular weight is 315 g/mol. The summed E-state index contributed by atoms with van der Waals surface area (Å²) in [6, 6.07) is 7.51. The van der Waals surface area contributed by atoms with Crippen molar-refractivity contribution < 1.29 is 14.6 Å². The lowest BCUT2D eigenvalue weighted by Gasteiger charge is -2.32. The molecule has 1 aromatic rings. The van der Waals surface area contributed by atoms with Crippen molar-refractivity contribution >= 4 is 21.9 Å². The van der Waals surface area contributed by atoms with Crippen LogP contribution in [0.15, 0.2) is 28.7 Å². The lowest BCUT2D eigenvalue weighted by molar-refractivity contribution is -0.149. The van der Waals surface area contributed by atoms with Gasteiger partial charge in [0.2, 0.25) is 0 Å². The van der Waals surface area contributed by atoms with Crippen molar-refractivity contribution in [2.24, 2.45) is 5.41 Å². The second kappa shape index (κ2) is 5.31. The largest absolute Gasteiger partial charge is 0.488 e. The molecule has 4 heteroatoms. The molecule has 0 spiro atoms. The van der Waals surface area contributed by atoms with Crippen LogP contribution in [0.1, 0.15) is 34.1 Å². The van der Waals surface area contributed by atoms with Gasteiger partial charge in [0.15, 0.2) is 0 Å². The van der Waals surface area contributed by atoms with Crippen molar-refractivity contribution in [3.8, 4) is 5.75 Å². The fourth-order valence-corrected chi connectivity index (χ4v) is 2.26. The highest BCUT2D eigenvalue weighted by molar-refractivity contribution is 9.10. The summed E-state index contributed by atoms with van der Waals surface area (Å²) in [6.07, 6.45) is 0.436. The molecule has 0 amide bonds. The zero-order valence-corrected chi connectivity index (χ0v) is 12.7. The molecule has 0 atom stereocenters. The smallest absolute Gasteiger partial charge is 0.309 e. The second-order valence-corrected chi connectivity index (χ2v) is 6.60. The number of carboxylic acids is 1. The van der Waals surface area contributed by atoms with Crippen LogP contribution < -0.4 is 4.74 Å². The molecule has 18 heavy (non-hydrogen) atoms. The lowest BCUT2D eigenvalue weighted by atomic mass is 9.82. The van der Waals surface area contributed by atoms with E-state index in [9.17, 15) is 4.79 Å². The van der Waals surface area contributed by atoms with Crippen molar-refractivity contribution in [2.75, 3.05) is 0 Å². The maximum atomic E-state index is 11.1. The Labute approximate surface area is 116 Å². The van der Waals surface area contributed by atoms with Crippen LogP contribution in [-0.2, 0) is 4.79 Å². The van der Waals surface area contributed by atoms with E-state index in [1.165, 1.54) is 0 Å². The molecular formula is C14H19BrO3. The third-order valence-electron chi connectivity index (χ3n) is 2.65. The van der Waals surface area contributed by atoms with Gasteiger partial charge < -0.3 is 9.84 Å². The quantitative estimate of drug-likeness (QED) is 0.889. The molecular weight excluding hydrogens is 296 g/mol. The van der Waals surface area contributed by atoms with E-state index in [4.69, 9.17) is 9.84 Å². The van der Waals surface area contributed by atoms with E-state index < -0.39 is 17.0 Å². The molecule has 0 aliphatic heterocycles. The Bertz CT molecular complexity index is 421. The normalized spacial score (nSPS) is 12.3. The van der Waals surface area contributed by atoms with Gasteiger partial charge in [-0.25, -0.2) is 0 Å². The number of carboxylic acid groups (broad SMARTS) is 1. The Kier molecular flexibility index (Phi) is 4.43.